The Morgan fingerprint density at radius 1 is 1.38 bits per heavy atom. The fourth-order valence-electron chi connectivity index (χ4n) is 1.06. The van der Waals surface area contributed by atoms with Crippen molar-refractivity contribution in [3.8, 4) is 0 Å². The van der Waals surface area contributed by atoms with E-state index in [1.807, 2.05) is 18.2 Å². The van der Waals surface area contributed by atoms with Crippen molar-refractivity contribution in [1.29, 1.82) is 0 Å². The zero-order valence-corrected chi connectivity index (χ0v) is 12.3. The number of benzene rings is 1. The topological polar surface area (TPSA) is 29.1 Å². The minimum Gasteiger partial charge on any atom is -0.349 e. The van der Waals surface area contributed by atoms with E-state index in [9.17, 15) is 4.79 Å². The average molecular weight is 367 g/mol. The highest BCUT2D eigenvalue weighted by Crippen LogP contribution is 2.21. The summed E-state index contributed by atoms with van der Waals surface area (Å²) in [4.78, 5) is 11.8. The van der Waals surface area contributed by atoms with Crippen LogP contribution in [-0.2, 0) is 0 Å². The summed E-state index contributed by atoms with van der Waals surface area (Å²) in [5.74, 6) is 0.337. The van der Waals surface area contributed by atoms with Gasteiger partial charge in [-0.15, -0.1) is 11.6 Å². The number of carbonyl (C=O) groups is 1. The molecule has 0 aliphatic rings. The van der Waals surface area contributed by atoms with Gasteiger partial charge in [0.2, 0.25) is 0 Å². The Labute approximate surface area is 116 Å². The molecule has 1 aromatic rings. The fraction of sp³-hybridized carbons (Fsp3) is 0.182. The van der Waals surface area contributed by atoms with Crippen LogP contribution >= 0.6 is 43.5 Å². The zero-order valence-electron chi connectivity index (χ0n) is 8.34. The molecule has 0 saturated carbocycles. The van der Waals surface area contributed by atoms with E-state index in [2.05, 4.69) is 37.2 Å². The van der Waals surface area contributed by atoms with E-state index in [0.29, 0.717) is 18.0 Å². The SMILES string of the molecule is O=C(NC/C=C/CCl)c1cc(Br)ccc1Br. The van der Waals surface area contributed by atoms with Gasteiger partial charge in [-0.1, -0.05) is 28.1 Å². The van der Waals surface area contributed by atoms with Gasteiger partial charge in [0.05, 0.1) is 5.56 Å². The Morgan fingerprint density at radius 3 is 2.81 bits per heavy atom. The van der Waals surface area contributed by atoms with Crippen LogP contribution in [0.3, 0.4) is 0 Å². The predicted octanol–water partition coefficient (Wildman–Crippen LogP) is 3.74. The van der Waals surface area contributed by atoms with Crippen LogP contribution in [0.15, 0.2) is 39.3 Å². The molecule has 0 fully saturated rings. The number of amides is 1. The zero-order chi connectivity index (χ0) is 12.0. The Kier molecular flexibility index (Phi) is 6.09. The molecule has 0 aromatic heterocycles. The lowest BCUT2D eigenvalue weighted by atomic mass is 10.2. The smallest absolute Gasteiger partial charge is 0.252 e. The van der Waals surface area contributed by atoms with Gasteiger partial charge in [-0.2, -0.15) is 0 Å². The normalized spacial score (nSPS) is 10.7. The Bertz CT molecular complexity index is 407. The number of alkyl halides is 1. The molecule has 1 amide bonds. The second-order valence-electron chi connectivity index (χ2n) is 2.96. The highest BCUT2D eigenvalue weighted by atomic mass is 79.9. The Hall–Kier alpha value is -0.320. The second-order valence-corrected chi connectivity index (χ2v) is 5.04. The van der Waals surface area contributed by atoms with Crippen LogP contribution in [0.2, 0.25) is 0 Å². The lowest BCUT2D eigenvalue weighted by molar-refractivity contribution is 0.0957. The first-order valence-corrected chi connectivity index (χ1v) is 6.71. The van der Waals surface area contributed by atoms with Gasteiger partial charge in [-0.3, -0.25) is 4.79 Å². The van der Waals surface area contributed by atoms with Gasteiger partial charge in [0.25, 0.3) is 5.91 Å². The van der Waals surface area contributed by atoms with Crippen molar-refractivity contribution in [2.45, 2.75) is 0 Å². The standard InChI is InChI=1S/C11H10Br2ClNO/c12-8-3-4-10(13)9(7-8)11(16)15-6-2-1-5-14/h1-4,7H,5-6H2,(H,15,16)/b2-1+. The number of rotatable bonds is 4. The van der Waals surface area contributed by atoms with Gasteiger partial charge >= 0.3 is 0 Å². The molecule has 1 N–H and O–H groups in total. The highest BCUT2D eigenvalue weighted by Gasteiger charge is 2.08. The van der Waals surface area contributed by atoms with Crippen molar-refractivity contribution in [3.63, 3.8) is 0 Å². The third kappa shape index (κ3) is 4.28. The molecule has 0 heterocycles. The van der Waals surface area contributed by atoms with Crippen molar-refractivity contribution in [1.82, 2.24) is 5.32 Å². The summed E-state index contributed by atoms with van der Waals surface area (Å²) < 4.78 is 1.65. The summed E-state index contributed by atoms with van der Waals surface area (Å²) >= 11 is 12.1. The molecule has 1 aromatic carbocycles. The van der Waals surface area contributed by atoms with Crippen LogP contribution in [0, 0.1) is 0 Å². The lowest BCUT2D eigenvalue weighted by Crippen LogP contribution is -2.23. The first-order chi connectivity index (χ1) is 7.65. The number of nitrogens with one attached hydrogen (secondary N) is 1. The summed E-state index contributed by atoms with van der Waals surface area (Å²) in [5.41, 5.74) is 0.605. The molecule has 0 atom stereocenters. The molecular formula is C11H10Br2ClNO. The number of allylic oxidation sites excluding steroid dienone is 1. The van der Waals surface area contributed by atoms with Crippen LogP contribution in [0.1, 0.15) is 10.4 Å². The molecule has 0 saturated heterocycles. The molecule has 5 heteroatoms. The first-order valence-electron chi connectivity index (χ1n) is 4.59. The third-order valence-electron chi connectivity index (χ3n) is 1.81. The van der Waals surface area contributed by atoms with Crippen molar-refractivity contribution < 1.29 is 4.79 Å². The minimum absolute atomic E-state index is 0.118. The highest BCUT2D eigenvalue weighted by molar-refractivity contribution is 9.11. The van der Waals surface area contributed by atoms with E-state index < -0.39 is 0 Å². The summed E-state index contributed by atoms with van der Waals surface area (Å²) in [7, 11) is 0. The van der Waals surface area contributed by atoms with E-state index in [-0.39, 0.29) is 5.91 Å². The predicted molar refractivity (Wildman–Crippen MR) is 74.0 cm³/mol. The van der Waals surface area contributed by atoms with Gasteiger partial charge in [0.15, 0.2) is 0 Å². The van der Waals surface area contributed by atoms with Crippen molar-refractivity contribution in [2.75, 3.05) is 12.4 Å². The summed E-state index contributed by atoms with van der Waals surface area (Å²) in [6, 6.07) is 5.46. The quantitative estimate of drug-likeness (QED) is 0.638. The van der Waals surface area contributed by atoms with E-state index in [0.717, 1.165) is 8.95 Å². The van der Waals surface area contributed by atoms with Crippen molar-refractivity contribution >= 4 is 49.4 Å². The maximum absolute atomic E-state index is 11.8. The summed E-state index contributed by atoms with van der Waals surface area (Å²) in [6.07, 6.45) is 3.61. The molecular weight excluding hydrogens is 357 g/mol. The molecule has 86 valence electrons. The third-order valence-corrected chi connectivity index (χ3v) is 3.17. The average Bonchev–Trinajstić information content (AvgIpc) is 2.27. The van der Waals surface area contributed by atoms with E-state index in [1.54, 1.807) is 12.1 Å². The van der Waals surface area contributed by atoms with E-state index in [4.69, 9.17) is 11.6 Å². The van der Waals surface area contributed by atoms with Crippen LogP contribution in [0.5, 0.6) is 0 Å². The van der Waals surface area contributed by atoms with Crippen LogP contribution < -0.4 is 5.32 Å². The molecule has 0 bridgehead atoms. The van der Waals surface area contributed by atoms with Gasteiger partial charge in [0, 0.05) is 21.4 Å². The molecule has 1 rings (SSSR count). The Morgan fingerprint density at radius 2 is 2.12 bits per heavy atom. The van der Waals surface area contributed by atoms with E-state index in [1.165, 1.54) is 0 Å². The Balaban J connectivity index is 2.65. The first kappa shape index (κ1) is 13.7. The largest absolute Gasteiger partial charge is 0.349 e. The maximum Gasteiger partial charge on any atom is 0.252 e. The maximum atomic E-state index is 11.8. The molecule has 0 aliphatic heterocycles. The summed E-state index contributed by atoms with van der Waals surface area (Å²) in [6.45, 7) is 0.477. The summed E-state index contributed by atoms with van der Waals surface area (Å²) in [5, 5.41) is 2.77. The van der Waals surface area contributed by atoms with Crippen molar-refractivity contribution in [3.05, 3.63) is 44.9 Å². The molecule has 0 radical (unpaired) electrons. The molecule has 0 spiro atoms. The van der Waals surface area contributed by atoms with Gasteiger partial charge < -0.3 is 5.32 Å². The molecule has 0 unspecified atom stereocenters. The minimum atomic E-state index is -0.118. The van der Waals surface area contributed by atoms with Crippen molar-refractivity contribution in [2.24, 2.45) is 0 Å². The second kappa shape index (κ2) is 7.09. The van der Waals surface area contributed by atoms with Gasteiger partial charge in [0.1, 0.15) is 0 Å². The fourth-order valence-corrected chi connectivity index (χ4v) is 1.98. The number of carbonyl (C=O) groups excluding carboxylic acids is 1. The van der Waals surface area contributed by atoms with Crippen LogP contribution in [0.25, 0.3) is 0 Å². The van der Waals surface area contributed by atoms with Gasteiger partial charge in [-0.05, 0) is 34.1 Å². The molecule has 2 nitrogen and oxygen atoms in total. The lowest BCUT2D eigenvalue weighted by Gasteiger charge is -2.05. The van der Waals surface area contributed by atoms with Crippen LogP contribution in [-0.4, -0.2) is 18.3 Å². The molecule has 16 heavy (non-hydrogen) atoms. The van der Waals surface area contributed by atoms with E-state index >= 15 is 0 Å². The van der Waals surface area contributed by atoms with Gasteiger partial charge in [-0.25, -0.2) is 0 Å². The van der Waals surface area contributed by atoms with Crippen LogP contribution in [0.4, 0.5) is 0 Å². The number of hydrogen-bond acceptors (Lipinski definition) is 1. The monoisotopic (exact) mass is 365 g/mol. The number of halogens is 3. The number of hydrogen-bond donors (Lipinski definition) is 1. The molecule has 0 aliphatic carbocycles.